The molecule has 0 bridgehead atoms. The largest absolute Gasteiger partial charge is 0.355 e. The molecular weight excluding hydrogens is 469 g/mol. The van der Waals surface area contributed by atoms with E-state index in [0.29, 0.717) is 13.0 Å². The van der Waals surface area contributed by atoms with Crippen molar-refractivity contribution >= 4 is 39.1 Å². The fraction of sp³-hybridized carbons (Fsp3) is 0.391. The molecule has 2 aromatic rings. The number of hydrogen-bond donors (Lipinski definition) is 1. The standard InChI is InChI=1S/C23H29ClFN3O4S/c1-5-21(23(30)26-6-2)27(14-17-9-7-16(3)8-10-17)22(29)15-28(33(4,31)32)18-11-12-20(25)19(24)13-18/h7-13,21H,5-6,14-15H2,1-4H3,(H,26,30)/t21-/m0/s1. The number of likely N-dealkylation sites (N-methyl/N-ethyl adjacent to an activating group) is 1. The summed E-state index contributed by atoms with van der Waals surface area (Å²) in [7, 11) is -3.91. The molecule has 7 nitrogen and oxygen atoms in total. The van der Waals surface area contributed by atoms with E-state index >= 15 is 0 Å². The number of aryl methyl sites for hydroxylation is 1. The van der Waals surface area contributed by atoms with E-state index < -0.39 is 34.3 Å². The molecular formula is C23H29ClFN3O4S. The predicted molar refractivity (Wildman–Crippen MR) is 128 cm³/mol. The van der Waals surface area contributed by atoms with Gasteiger partial charge in [-0.05, 0) is 44.0 Å². The van der Waals surface area contributed by atoms with Crippen molar-refractivity contribution in [3.05, 3.63) is 64.4 Å². The zero-order valence-corrected chi connectivity index (χ0v) is 20.7. The third-order valence-corrected chi connectivity index (χ3v) is 6.51. The van der Waals surface area contributed by atoms with Crippen LogP contribution in [0.2, 0.25) is 5.02 Å². The Kier molecular flexibility index (Phi) is 9.25. The van der Waals surface area contributed by atoms with Crippen molar-refractivity contribution in [2.75, 3.05) is 23.7 Å². The first kappa shape index (κ1) is 26.6. The first-order valence-electron chi connectivity index (χ1n) is 10.5. The molecule has 10 heteroatoms. The number of carbonyl (C=O) groups excluding carboxylic acids is 2. The molecule has 2 rings (SSSR count). The Bertz CT molecular complexity index is 1090. The lowest BCUT2D eigenvalue weighted by Crippen LogP contribution is -2.52. The van der Waals surface area contributed by atoms with E-state index in [1.54, 1.807) is 13.8 Å². The van der Waals surface area contributed by atoms with E-state index in [1.165, 1.54) is 11.0 Å². The number of halogens is 2. The van der Waals surface area contributed by atoms with Gasteiger partial charge in [0.15, 0.2) is 0 Å². The average molecular weight is 498 g/mol. The molecule has 0 aliphatic rings. The smallest absolute Gasteiger partial charge is 0.244 e. The van der Waals surface area contributed by atoms with Gasteiger partial charge in [0.05, 0.1) is 17.0 Å². The Hall–Kier alpha value is -2.65. The Morgan fingerprint density at radius 1 is 1.12 bits per heavy atom. The molecule has 0 aliphatic carbocycles. The summed E-state index contributed by atoms with van der Waals surface area (Å²) in [5.74, 6) is -1.60. The lowest BCUT2D eigenvalue weighted by atomic mass is 10.1. The SMILES string of the molecule is CCNC(=O)[C@H](CC)N(Cc1ccc(C)cc1)C(=O)CN(c1ccc(F)c(Cl)c1)S(C)(=O)=O. The number of sulfonamides is 1. The van der Waals surface area contributed by atoms with Gasteiger partial charge in [-0.25, -0.2) is 12.8 Å². The third kappa shape index (κ3) is 7.17. The summed E-state index contributed by atoms with van der Waals surface area (Å²) in [6.07, 6.45) is 1.29. The maximum atomic E-state index is 13.6. The molecule has 1 N–H and O–H groups in total. The van der Waals surface area contributed by atoms with Crippen LogP contribution < -0.4 is 9.62 Å². The molecule has 2 aromatic carbocycles. The van der Waals surface area contributed by atoms with Crippen LogP contribution in [0.25, 0.3) is 0 Å². The van der Waals surface area contributed by atoms with Crippen molar-refractivity contribution in [3.8, 4) is 0 Å². The van der Waals surface area contributed by atoms with E-state index in [1.807, 2.05) is 31.2 Å². The molecule has 1 atom stereocenters. The Morgan fingerprint density at radius 3 is 2.27 bits per heavy atom. The predicted octanol–water partition coefficient (Wildman–Crippen LogP) is 3.50. The van der Waals surface area contributed by atoms with Crippen molar-refractivity contribution in [1.29, 1.82) is 0 Å². The Morgan fingerprint density at radius 2 is 1.76 bits per heavy atom. The van der Waals surface area contributed by atoms with Crippen molar-refractivity contribution in [2.24, 2.45) is 0 Å². The van der Waals surface area contributed by atoms with Crippen LogP contribution in [0.15, 0.2) is 42.5 Å². The molecule has 0 unspecified atom stereocenters. The molecule has 0 spiro atoms. The quantitative estimate of drug-likeness (QED) is 0.544. The lowest BCUT2D eigenvalue weighted by Gasteiger charge is -2.32. The highest BCUT2D eigenvalue weighted by molar-refractivity contribution is 7.92. The molecule has 33 heavy (non-hydrogen) atoms. The molecule has 0 saturated carbocycles. The Balaban J connectivity index is 2.44. The highest BCUT2D eigenvalue weighted by Crippen LogP contribution is 2.25. The topological polar surface area (TPSA) is 86.8 Å². The van der Waals surface area contributed by atoms with Crippen molar-refractivity contribution in [3.63, 3.8) is 0 Å². The van der Waals surface area contributed by atoms with E-state index in [9.17, 15) is 22.4 Å². The summed E-state index contributed by atoms with van der Waals surface area (Å²) in [6, 6.07) is 10.1. The van der Waals surface area contributed by atoms with Gasteiger partial charge in [-0.3, -0.25) is 13.9 Å². The van der Waals surface area contributed by atoms with Crippen molar-refractivity contribution in [2.45, 2.75) is 39.8 Å². The minimum atomic E-state index is -3.91. The van der Waals surface area contributed by atoms with Crippen LogP contribution in [0.4, 0.5) is 10.1 Å². The first-order valence-corrected chi connectivity index (χ1v) is 12.8. The van der Waals surface area contributed by atoms with Crippen LogP contribution in [0.5, 0.6) is 0 Å². The number of anilines is 1. The number of hydrogen-bond acceptors (Lipinski definition) is 4. The normalized spacial score (nSPS) is 12.2. The second kappa shape index (κ2) is 11.5. The number of rotatable bonds is 10. The second-order valence-electron chi connectivity index (χ2n) is 7.69. The monoisotopic (exact) mass is 497 g/mol. The van der Waals surface area contributed by atoms with Gasteiger partial charge in [-0.1, -0.05) is 48.4 Å². The summed E-state index contributed by atoms with van der Waals surface area (Å²) in [5.41, 5.74) is 1.90. The number of nitrogens with one attached hydrogen (secondary N) is 1. The van der Waals surface area contributed by atoms with Gasteiger partial charge >= 0.3 is 0 Å². The molecule has 0 saturated heterocycles. The average Bonchev–Trinajstić information content (AvgIpc) is 2.74. The van der Waals surface area contributed by atoms with Crippen LogP contribution in [0.1, 0.15) is 31.4 Å². The fourth-order valence-corrected chi connectivity index (χ4v) is 4.37. The molecule has 2 amide bonds. The molecule has 0 heterocycles. The third-order valence-electron chi connectivity index (χ3n) is 5.08. The van der Waals surface area contributed by atoms with Gasteiger partial charge in [0.25, 0.3) is 0 Å². The minimum absolute atomic E-state index is 0.0543. The zero-order valence-electron chi connectivity index (χ0n) is 19.1. The van der Waals surface area contributed by atoms with Gasteiger partial charge in [0.1, 0.15) is 18.4 Å². The molecule has 0 radical (unpaired) electrons. The Labute approximate surface area is 199 Å². The highest BCUT2D eigenvalue weighted by Gasteiger charge is 2.31. The van der Waals surface area contributed by atoms with Gasteiger partial charge < -0.3 is 10.2 Å². The van der Waals surface area contributed by atoms with Crippen LogP contribution in [0.3, 0.4) is 0 Å². The summed E-state index contributed by atoms with van der Waals surface area (Å²) in [5, 5.41) is 2.47. The first-order chi connectivity index (χ1) is 15.5. The van der Waals surface area contributed by atoms with E-state index in [4.69, 9.17) is 11.6 Å². The fourth-order valence-electron chi connectivity index (χ4n) is 3.36. The van der Waals surface area contributed by atoms with Gasteiger partial charge in [-0.2, -0.15) is 0 Å². The molecule has 0 aromatic heterocycles. The summed E-state index contributed by atoms with van der Waals surface area (Å²) in [4.78, 5) is 27.5. The lowest BCUT2D eigenvalue weighted by molar-refractivity contribution is -0.140. The zero-order chi connectivity index (χ0) is 24.8. The number of amides is 2. The van der Waals surface area contributed by atoms with Gasteiger partial charge in [0, 0.05) is 13.1 Å². The van der Waals surface area contributed by atoms with E-state index in [-0.39, 0.29) is 23.2 Å². The summed E-state index contributed by atoms with van der Waals surface area (Å²) >= 11 is 5.83. The van der Waals surface area contributed by atoms with Crippen molar-refractivity contribution in [1.82, 2.24) is 10.2 Å². The molecule has 180 valence electrons. The molecule has 0 fully saturated rings. The van der Waals surface area contributed by atoms with E-state index in [2.05, 4.69) is 5.32 Å². The van der Waals surface area contributed by atoms with Gasteiger partial charge in [-0.15, -0.1) is 0 Å². The van der Waals surface area contributed by atoms with Gasteiger partial charge in [0.2, 0.25) is 21.8 Å². The number of nitrogens with zero attached hydrogens (tertiary/aromatic N) is 2. The van der Waals surface area contributed by atoms with E-state index in [0.717, 1.165) is 33.8 Å². The van der Waals surface area contributed by atoms with Crippen LogP contribution >= 0.6 is 11.6 Å². The molecule has 0 aliphatic heterocycles. The maximum absolute atomic E-state index is 13.6. The van der Waals surface area contributed by atoms with Crippen LogP contribution in [0, 0.1) is 12.7 Å². The number of carbonyl (C=O) groups is 2. The second-order valence-corrected chi connectivity index (χ2v) is 10.0. The number of benzene rings is 2. The minimum Gasteiger partial charge on any atom is -0.355 e. The van der Waals surface area contributed by atoms with Crippen molar-refractivity contribution < 1.29 is 22.4 Å². The summed E-state index contributed by atoms with van der Waals surface area (Å²) in [6.45, 7) is 5.45. The van der Waals surface area contributed by atoms with Crippen LogP contribution in [-0.2, 0) is 26.2 Å². The highest BCUT2D eigenvalue weighted by atomic mass is 35.5. The summed E-state index contributed by atoms with van der Waals surface area (Å²) < 4.78 is 39.5. The maximum Gasteiger partial charge on any atom is 0.244 e. The van der Waals surface area contributed by atoms with Crippen LogP contribution in [-0.4, -0.2) is 50.5 Å².